The lowest BCUT2D eigenvalue weighted by Gasteiger charge is -2.07. The van der Waals surface area contributed by atoms with Crippen molar-refractivity contribution < 1.29 is 18.7 Å². The number of amides is 1. The molecular weight excluding hydrogens is 341 g/mol. The zero-order valence-electron chi connectivity index (χ0n) is 12.1. The van der Waals surface area contributed by atoms with E-state index in [9.17, 15) is 14.0 Å². The zero-order valence-corrected chi connectivity index (χ0v) is 13.7. The van der Waals surface area contributed by atoms with Gasteiger partial charge >= 0.3 is 5.97 Å². The Hall–Kier alpha value is -2.05. The zero-order chi connectivity index (χ0) is 16.8. The van der Waals surface area contributed by atoms with Crippen LogP contribution in [-0.4, -0.2) is 24.7 Å². The lowest BCUT2D eigenvalue weighted by Crippen LogP contribution is -2.15. The van der Waals surface area contributed by atoms with Gasteiger partial charge in [0, 0.05) is 15.6 Å². The average molecular weight is 354 g/mol. The summed E-state index contributed by atoms with van der Waals surface area (Å²) in [6.45, 7) is 0. The molecule has 1 N–H and O–H groups in total. The summed E-state index contributed by atoms with van der Waals surface area (Å²) in [6, 6.07) is 10.8. The van der Waals surface area contributed by atoms with Crippen molar-refractivity contribution in [3.8, 4) is 0 Å². The Morgan fingerprint density at radius 3 is 2.57 bits per heavy atom. The van der Waals surface area contributed by atoms with Crippen molar-refractivity contribution >= 4 is 40.9 Å². The summed E-state index contributed by atoms with van der Waals surface area (Å²) < 4.78 is 18.0. The minimum Gasteiger partial charge on any atom is -0.465 e. The Bertz CT molecular complexity index is 722. The fraction of sp³-hybridized carbons (Fsp3) is 0.125. The van der Waals surface area contributed by atoms with Gasteiger partial charge in [0.2, 0.25) is 5.91 Å². The van der Waals surface area contributed by atoms with Crippen molar-refractivity contribution in [2.45, 2.75) is 4.90 Å². The molecule has 23 heavy (non-hydrogen) atoms. The third-order valence-electron chi connectivity index (χ3n) is 2.84. The van der Waals surface area contributed by atoms with Gasteiger partial charge in [0.25, 0.3) is 0 Å². The van der Waals surface area contributed by atoms with Gasteiger partial charge in [0.05, 0.1) is 18.4 Å². The Morgan fingerprint density at radius 1 is 1.22 bits per heavy atom. The number of methoxy groups -OCH3 is 1. The van der Waals surface area contributed by atoms with Crippen molar-refractivity contribution in [1.82, 2.24) is 0 Å². The van der Waals surface area contributed by atoms with Crippen LogP contribution < -0.4 is 5.32 Å². The van der Waals surface area contributed by atoms with Gasteiger partial charge < -0.3 is 10.1 Å². The molecule has 0 spiro atoms. The van der Waals surface area contributed by atoms with E-state index in [1.807, 2.05) is 12.1 Å². The van der Waals surface area contributed by atoms with Gasteiger partial charge in [-0.05, 0) is 42.5 Å². The van der Waals surface area contributed by atoms with Gasteiger partial charge in [-0.1, -0.05) is 11.6 Å². The second-order valence-corrected chi connectivity index (χ2v) is 5.96. The standard InChI is InChI=1S/C16H13ClFNO3S/c1-22-16(21)13-8-11(4-7-14(13)18)19-15(20)9-23-12-5-2-10(17)3-6-12/h2-8H,9H2,1H3,(H,19,20). The molecule has 0 saturated carbocycles. The predicted molar refractivity (Wildman–Crippen MR) is 88.5 cm³/mol. The van der Waals surface area contributed by atoms with Crippen LogP contribution in [0.15, 0.2) is 47.4 Å². The van der Waals surface area contributed by atoms with E-state index in [1.165, 1.54) is 23.9 Å². The Labute approximate surface area is 142 Å². The molecule has 0 bridgehead atoms. The van der Waals surface area contributed by atoms with E-state index in [1.54, 1.807) is 12.1 Å². The van der Waals surface area contributed by atoms with E-state index in [0.717, 1.165) is 18.1 Å². The van der Waals surface area contributed by atoms with E-state index in [4.69, 9.17) is 11.6 Å². The molecule has 2 aromatic carbocycles. The number of halogens is 2. The van der Waals surface area contributed by atoms with E-state index in [-0.39, 0.29) is 17.2 Å². The number of rotatable bonds is 5. The molecule has 0 fully saturated rings. The number of anilines is 1. The predicted octanol–water partition coefficient (Wildman–Crippen LogP) is 4.00. The molecule has 0 aliphatic rings. The van der Waals surface area contributed by atoms with Gasteiger partial charge in [0.1, 0.15) is 5.82 Å². The van der Waals surface area contributed by atoms with Crippen LogP contribution in [0.25, 0.3) is 0 Å². The van der Waals surface area contributed by atoms with Crippen LogP contribution in [0.3, 0.4) is 0 Å². The van der Waals surface area contributed by atoms with Gasteiger partial charge in [-0.25, -0.2) is 9.18 Å². The quantitative estimate of drug-likeness (QED) is 0.652. The lowest BCUT2D eigenvalue weighted by atomic mass is 10.2. The molecule has 0 saturated heterocycles. The van der Waals surface area contributed by atoms with Crippen LogP contribution in [0.4, 0.5) is 10.1 Å². The van der Waals surface area contributed by atoms with Crippen molar-refractivity contribution in [2.24, 2.45) is 0 Å². The first-order chi connectivity index (χ1) is 11.0. The normalized spacial score (nSPS) is 10.2. The van der Waals surface area contributed by atoms with Crippen LogP contribution in [0, 0.1) is 5.82 Å². The first-order valence-corrected chi connectivity index (χ1v) is 7.92. The first-order valence-electron chi connectivity index (χ1n) is 6.55. The largest absolute Gasteiger partial charge is 0.465 e. The number of thioether (sulfide) groups is 1. The molecule has 2 rings (SSSR count). The summed E-state index contributed by atoms with van der Waals surface area (Å²) in [5, 5.41) is 3.24. The molecule has 4 nitrogen and oxygen atoms in total. The summed E-state index contributed by atoms with van der Waals surface area (Å²) in [5.41, 5.74) is 0.101. The van der Waals surface area contributed by atoms with Gasteiger partial charge in [-0.15, -0.1) is 11.8 Å². The van der Waals surface area contributed by atoms with Crippen molar-refractivity contribution in [1.29, 1.82) is 0 Å². The number of hydrogen-bond acceptors (Lipinski definition) is 4. The molecule has 1 amide bonds. The molecule has 0 atom stereocenters. The fourth-order valence-corrected chi connectivity index (χ4v) is 2.57. The SMILES string of the molecule is COC(=O)c1cc(NC(=O)CSc2ccc(Cl)cc2)ccc1F. The maximum Gasteiger partial charge on any atom is 0.340 e. The number of hydrogen-bond donors (Lipinski definition) is 1. The summed E-state index contributed by atoms with van der Waals surface area (Å²) in [7, 11) is 1.16. The molecule has 0 heterocycles. The topological polar surface area (TPSA) is 55.4 Å². The Balaban J connectivity index is 1.97. The molecule has 7 heteroatoms. The number of nitrogens with one attached hydrogen (secondary N) is 1. The van der Waals surface area contributed by atoms with Crippen molar-refractivity contribution in [2.75, 3.05) is 18.2 Å². The highest BCUT2D eigenvalue weighted by Crippen LogP contribution is 2.21. The van der Waals surface area contributed by atoms with Crippen LogP contribution in [0.1, 0.15) is 10.4 Å². The van der Waals surface area contributed by atoms with Gasteiger partial charge in [-0.3, -0.25) is 4.79 Å². The van der Waals surface area contributed by atoms with E-state index < -0.39 is 11.8 Å². The molecule has 0 aliphatic heterocycles. The third kappa shape index (κ3) is 4.97. The number of esters is 1. The molecule has 0 aromatic heterocycles. The minimum atomic E-state index is -0.797. The molecular formula is C16H13ClFNO3S. The van der Waals surface area contributed by atoms with Crippen LogP contribution in [0.2, 0.25) is 5.02 Å². The van der Waals surface area contributed by atoms with Crippen LogP contribution in [0.5, 0.6) is 0 Å². The van der Waals surface area contributed by atoms with E-state index >= 15 is 0 Å². The smallest absolute Gasteiger partial charge is 0.340 e. The van der Waals surface area contributed by atoms with Crippen molar-refractivity contribution in [3.63, 3.8) is 0 Å². The number of benzene rings is 2. The molecule has 0 aliphatic carbocycles. The second kappa shape index (κ2) is 7.99. The molecule has 2 aromatic rings. The van der Waals surface area contributed by atoms with Gasteiger partial charge in [-0.2, -0.15) is 0 Å². The summed E-state index contributed by atoms with van der Waals surface area (Å²) in [5.74, 6) is -1.60. The van der Waals surface area contributed by atoms with Crippen LogP contribution in [-0.2, 0) is 9.53 Å². The Morgan fingerprint density at radius 2 is 1.91 bits per heavy atom. The summed E-state index contributed by atoms with van der Waals surface area (Å²) >= 11 is 7.13. The number of ether oxygens (including phenoxy) is 1. The van der Waals surface area contributed by atoms with E-state index in [0.29, 0.717) is 10.7 Å². The highest BCUT2D eigenvalue weighted by atomic mass is 35.5. The average Bonchev–Trinajstić information content (AvgIpc) is 2.55. The number of carbonyl (C=O) groups excluding carboxylic acids is 2. The summed E-state index contributed by atoms with van der Waals surface area (Å²) in [6.07, 6.45) is 0. The lowest BCUT2D eigenvalue weighted by molar-refractivity contribution is -0.113. The second-order valence-electron chi connectivity index (χ2n) is 4.48. The maximum absolute atomic E-state index is 13.5. The maximum atomic E-state index is 13.5. The van der Waals surface area contributed by atoms with Gasteiger partial charge in [0.15, 0.2) is 0 Å². The highest BCUT2D eigenvalue weighted by molar-refractivity contribution is 8.00. The summed E-state index contributed by atoms with van der Waals surface area (Å²) in [4.78, 5) is 24.2. The molecule has 0 radical (unpaired) electrons. The minimum absolute atomic E-state index is 0.173. The highest BCUT2D eigenvalue weighted by Gasteiger charge is 2.13. The fourth-order valence-electron chi connectivity index (χ4n) is 1.75. The van der Waals surface area contributed by atoms with Crippen molar-refractivity contribution in [3.05, 3.63) is 58.9 Å². The monoisotopic (exact) mass is 353 g/mol. The first kappa shape index (κ1) is 17.3. The third-order valence-corrected chi connectivity index (χ3v) is 4.10. The number of carbonyl (C=O) groups is 2. The molecule has 0 unspecified atom stereocenters. The Kier molecular flexibility index (Phi) is 6.01. The van der Waals surface area contributed by atoms with E-state index in [2.05, 4.69) is 10.1 Å². The van der Waals surface area contributed by atoms with Crippen LogP contribution >= 0.6 is 23.4 Å². The molecule has 120 valence electrons.